The highest BCUT2D eigenvalue weighted by atomic mass is 35.5. The van der Waals surface area contributed by atoms with Crippen LogP contribution in [0.5, 0.6) is 5.75 Å². The summed E-state index contributed by atoms with van der Waals surface area (Å²) in [6.07, 6.45) is 0. The maximum Gasteiger partial charge on any atom is 0.122 e. The Kier molecular flexibility index (Phi) is 4.52. The molecule has 3 heteroatoms. The van der Waals surface area contributed by atoms with E-state index in [-0.39, 0.29) is 11.8 Å². The van der Waals surface area contributed by atoms with Crippen LogP contribution in [0.2, 0.25) is 5.02 Å². The molecule has 0 fully saturated rings. The second kappa shape index (κ2) is 5.29. The molecule has 0 atom stereocenters. The van der Waals surface area contributed by atoms with Gasteiger partial charge in [0, 0.05) is 16.5 Å². The molecule has 0 heterocycles. The molecule has 1 aromatic rings. The van der Waals surface area contributed by atoms with Crippen molar-refractivity contribution in [1.29, 1.82) is 0 Å². The topological polar surface area (TPSA) is 20.2 Å². The van der Waals surface area contributed by atoms with Gasteiger partial charge in [-0.05, 0) is 29.0 Å². The fraction of sp³-hybridized carbons (Fsp3) is 0.538. The predicted molar refractivity (Wildman–Crippen MR) is 70.9 cm³/mol. The van der Waals surface area contributed by atoms with Crippen molar-refractivity contribution >= 4 is 23.2 Å². The number of halogens is 2. The lowest BCUT2D eigenvalue weighted by atomic mass is 9.90. The first kappa shape index (κ1) is 13.7. The second-order valence-corrected chi connectivity index (χ2v) is 5.31. The average molecular weight is 261 g/mol. The first-order chi connectivity index (χ1) is 7.40. The van der Waals surface area contributed by atoms with Crippen LogP contribution in [0.3, 0.4) is 0 Å². The van der Waals surface area contributed by atoms with E-state index in [4.69, 9.17) is 23.2 Å². The van der Waals surface area contributed by atoms with Crippen LogP contribution in [0.15, 0.2) is 6.07 Å². The predicted octanol–water partition coefficient (Wildman–Crippen LogP) is 5.03. The molecule has 0 saturated carbocycles. The van der Waals surface area contributed by atoms with Crippen LogP contribution in [0, 0.1) is 0 Å². The van der Waals surface area contributed by atoms with Crippen LogP contribution in [-0.2, 0) is 5.88 Å². The summed E-state index contributed by atoms with van der Waals surface area (Å²) in [5.74, 6) is 1.15. The third kappa shape index (κ3) is 2.46. The molecule has 0 aliphatic carbocycles. The van der Waals surface area contributed by atoms with Gasteiger partial charge in [0.1, 0.15) is 5.75 Å². The van der Waals surface area contributed by atoms with E-state index in [2.05, 4.69) is 0 Å². The zero-order valence-corrected chi connectivity index (χ0v) is 11.7. The summed E-state index contributed by atoms with van der Waals surface area (Å²) in [5, 5.41) is 10.9. The molecule has 0 saturated heterocycles. The summed E-state index contributed by atoms with van der Waals surface area (Å²) in [7, 11) is 0. The van der Waals surface area contributed by atoms with Gasteiger partial charge in [-0.25, -0.2) is 0 Å². The summed E-state index contributed by atoms with van der Waals surface area (Å²) >= 11 is 12.1. The highest BCUT2D eigenvalue weighted by Gasteiger charge is 2.19. The summed E-state index contributed by atoms with van der Waals surface area (Å²) in [6, 6.07) is 1.82. The standard InChI is InChI=1S/C13H18Cl2O/c1-7(2)9-5-11(15)10(6-14)12(8(3)4)13(9)16/h5,7-8,16H,6H2,1-4H3. The van der Waals surface area contributed by atoms with Gasteiger partial charge in [-0.2, -0.15) is 0 Å². The molecule has 1 aromatic carbocycles. The molecule has 1 nitrogen and oxygen atoms in total. The van der Waals surface area contributed by atoms with Crippen LogP contribution in [0.25, 0.3) is 0 Å². The number of hydrogen-bond donors (Lipinski definition) is 1. The summed E-state index contributed by atoms with van der Waals surface area (Å²) in [5.41, 5.74) is 2.62. The fourth-order valence-corrected chi connectivity index (χ4v) is 2.56. The van der Waals surface area contributed by atoms with Gasteiger partial charge in [-0.1, -0.05) is 39.3 Å². The molecule has 16 heavy (non-hydrogen) atoms. The molecule has 0 aliphatic rings. The van der Waals surface area contributed by atoms with Crippen LogP contribution in [-0.4, -0.2) is 5.11 Å². The Labute approximate surface area is 107 Å². The molecular weight excluding hydrogens is 243 g/mol. The van der Waals surface area contributed by atoms with Crippen LogP contribution < -0.4 is 0 Å². The number of alkyl halides is 1. The Bertz CT molecular complexity index is 384. The van der Waals surface area contributed by atoms with E-state index in [1.54, 1.807) is 0 Å². The van der Waals surface area contributed by atoms with Crippen molar-refractivity contribution in [3.8, 4) is 5.75 Å². The van der Waals surface area contributed by atoms with Gasteiger partial charge in [0.25, 0.3) is 0 Å². The Morgan fingerprint density at radius 3 is 2.12 bits per heavy atom. The number of phenolic OH excluding ortho intramolecular Hbond substituents is 1. The van der Waals surface area contributed by atoms with Gasteiger partial charge < -0.3 is 5.11 Å². The Balaban J connectivity index is 3.52. The monoisotopic (exact) mass is 260 g/mol. The lowest BCUT2D eigenvalue weighted by molar-refractivity contribution is 0.453. The molecule has 0 amide bonds. The van der Waals surface area contributed by atoms with Gasteiger partial charge in [-0.15, -0.1) is 11.6 Å². The van der Waals surface area contributed by atoms with E-state index < -0.39 is 0 Å². The minimum absolute atomic E-state index is 0.213. The van der Waals surface area contributed by atoms with Crippen LogP contribution in [0.1, 0.15) is 56.2 Å². The van der Waals surface area contributed by atoms with E-state index in [0.717, 1.165) is 16.7 Å². The quantitative estimate of drug-likeness (QED) is 0.756. The minimum Gasteiger partial charge on any atom is -0.507 e. The highest BCUT2D eigenvalue weighted by molar-refractivity contribution is 6.32. The minimum atomic E-state index is 0.213. The highest BCUT2D eigenvalue weighted by Crippen LogP contribution is 2.40. The molecule has 0 bridgehead atoms. The Morgan fingerprint density at radius 2 is 1.75 bits per heavy atom. The largest absolute Gasteiger partial charge is 0.507 e. The van der Waals surface area contributed by atoms with Crippen molar-refractivity contribution < 1.29 is 5.11 Å². The number of hydrogen-bond acceptors (Lipinski definition) is 1. The van der Waals surface area contributed by atoms with E-state index in [1.165, 1.54) is 0 Å². The average Bonchev–Trinajstić information content (AvgIpc) is 2.19. The van der Waals surface area contributed by atoms with Gasteiger partial charge >= 0.3 is 0 Å². The van der Waals surface area contributed by atoms with Crippen molar-refractivity contribution in [2.75, 3.05) is 0 Å². The van der Waals surface area contributed by atoms with Gasteiger partial charge in [-0.3, -0.25) is 0 Å². The van der Waals surface area contributed by atoms with E-state index in [0.29, 0.717) is 16.7 Å². The van der Waals surface area contributed by atoms with Crippen LogP contribution in [0.4, 0.5) is 0 Å². The zero-order chi connectivity index (χ0) is 12.5. The fourth-order valence-electron chi connectivity index (χ4n) is 1.92. The number of benzene rings is 1. The summed E-state index contributed by atoms with van der Waals surface area (Å²) in [4.78, 5) is 0. The lowest BCUT2D eigenvalue weighted by Crippen LogP contribution is -2.01. The molecule has 0 radical (unpaired) electrons. The van der Waals surface area contributed by atoms with Crippen molar-refractivity contribution in [3.63, 3.8) is 0 Å². The van der Waals surface area contributed by atoms with E-state index >= 15 is 0 Å². The molecule has 0 unspecified atom stereocenters. The lowest BCUT2D eigenvalue weighted by Gasteiger charge is -2.19. The van der Waals surface area contributed by atoms with Crippen molar-refractivity contribution in [1.82, 2.24) is 0 Å². The van der Waals surface area contributed by atoms with Crippen molar-refractivity contribution in [3.05, 3.63) is 27.8 Å². The normalized spacial score (nSPS) is 11.5. The van der Waals surface area contributed by atoms with Gasteiger partial charge in [0.15, 0.2) is 0 Å². The molecule has 1 N–H and O–H groups in total. The Hall–Kier alpha value is -0.400. The summed E-state index contributed by atoms with van der Waals surface area (Å²) < 4.78 is 0. The number of rotatable bonds is 3. The van der Waals surface area contributed by atoms with Gasteiger partial charge in [0.05, 0.1) is 0 Å². The second-order valence-electron chi connectivity index (χ2n) is 4.63. The molecule has 0 aliphatic heterocycles. The molecule has 1 rings (SSSR count). The number of aromatic hydroxyl groups is 1. The Morgan fingerprint density at radius 1 is 1.19 bits per heavy atom. The first-order valence-electron chi connectivity index (χ1n) is 5.50. The smallest absolute Gasteiger partial charge is 0.122 e. The first-order valence-corrected chi connectivity index (χ1v) is 6.41. The molecule has 0 aromatic heterocycles. The zero-order valence-electron chi connectivity index (χ0n) is 10.1. The van der Waals surface area contributed by atoms with E-state index in [1.807, 2.05) is 33.8 Å². The van der Waals surface area contributed by atoms with Crippen molar-refractivity contribution in [2.24, 2.45) is 0 Å². The molecular formula is C13H18Cl2O. The third-order valence-electron chi connectivity index (χ3n) is 2.76. The molecule has 90 valence electrons. The summed E-state index contributed by atoms with van der Waals surface area (Å²) in [6.45, 7) is 8.14. The maximum absolute atomic E-state index is 10.2. The number of phenols is 1. The van der Waals surface area contributed by atoms with E-state index in [9.17, 15) is 5.11 Å². The third-order valence-corrected chi connectivity index (χ3v) is 3.36. The van der Waals surface area contributed by atoms with Crippen molar-refractivity contribution in [2.45, 2.75) is 45.4 Å². The maximum atomic E-state index is 10.2. The van der Waals surface area contributed by atoms with Crippen LogP contribution >= 0.6 is 23.2 Å². The van der Waals surface area contributed by atoms with Gasteiger partial charge in [0.2, 0.25) is 0 Å². The molecule has 0 spiro atoms. The SMILES string of the molecule is CC(C)c1cc(Cl)c(CCl)c(C(C)C)c1O.